The third-order valence-corrected chi connectivity index (χ3v) is 5.40. The van der Waals surface area contributed by atoms with Gasteiger partial charge in [-0.1, -0.05) is 24.3 Å². The maximum Gasteiger partial charge on any atom is 0.258 e. The summed E-state index contributed by atoms with van der Waals surface area (Å²) in [6.07, 6.45) is -0.596. The Morgan fingerprint density at radius 1 is 1.08 bits per heavy atom. The van der Waals surface area contributed by atoms with Gasteiger partial charge in [-0.15, -0.1) is 22.7 Å². The molecule has 0 saturated carbocycles. The lowest BCUT2D eigenvalue weighted by molar-refractivity contribution is -0.123. The number of carbonyl (C=O) groups excluding carboxylic acids is 1. The van der Waals surface area contributed by atoms with Gasteiger partial charge in [-0.25, -0.2) is 0 Å². The van der Waals surface area contributed by atoms with Crippen LogP contribution in [0.1, 0.15) is 20.7 Å². The predicted molar refractivity (Wildman–Crippen MR) is 96.5 cm³/mol. The maximum absolute atomic E-state index is 11.8. The van der Waals surface area contributed by atoms with Crippen molar-refractivity contribution in [2.24, 2.45) is 0 Å². The Bertz CT molecular complexity index is 769. The Morgan fingerprint density at radius 3 is 2.67 bits per heavy atom. The number of aliphatic hydroxyl groups is 1. The number of carbonyl (C=O) groups is 1. The van der Waals surface area contributed by atoms with Crippen molar-refractivity contribution < 1.29 is 14.6 Å². The second-order valence-electron chi connectivity index (χ2n) is 5.10. The summed E-state index contributed by atoms with van der Waals surface area (Å²) >= 11 is 3.03. The Hall–Kier alpha value is -2.15. The molecule has 3 aromatic rings. The summed E-state index contributed by atoms with van der Waals surface area (Å²) in [4.78, 5) is 14.6. The Morgan fingerprint density at radius 2 is 1.92 bits per heavy atom. The molecule has 2 heterocycles. The third kappa shape index (κ3) is 4.44. The number of hydrogen-bond donors (Lipinski definition) is 2. The van der Waals surface area contributed by atoms with Crippen LogP contribution >= 0.6 is 22.7 Å². The highest BCUT2D eigenvalue weighted by Gasteiger charge is 2.14. The Labute approximate surface area is 148 Å². The molecule has 3 rings (SSSR count). The van der Waals surface area contributed by atoms with Crippen LogP contribution in [0.25, 0.3) is 0 Å². The molecule has 0 spiro atoms. The summed E-state index contributed by atoms with van der Waals surface area (Å²) in [5.41, 5.74) is 0. The first-order valence-electron chi connectivity index (χ1n) is 7.47. The zero-order chi connectivity index (χ0) is 16.8. The lowest BCUT2D eigenvalue weighted by Crippen LogP contribution is -2.28. The van der Waals surface area contributed by atoms with Crippen LogP contribution in [0.2, 0.25) is 0 Å². The van der Waals surface area contributed by atoms with Gasteiger partial charge in [0, 0.05) is 14.6 Å². The molecule has 0 aliphatic carbocycles. The summed E-state index contributed by atoms with van der Waals surface area (Å²) in [5, 5.41) is 15.1. The van der Waals surface area contributed by atoms with E-state index in [4.69, 9.17) is 4.74 Å². The van der Waals surface area contributed by atoms with E-state index in [2.05, 4.69) is 5.32 Å². The number of nitrogens with one attached hydrogen (secondary N) is 1. The number of hydrogen-bond acceptors (Lipinski definition) is 5. The van der Waals surface area contributed by atoms with E-state index in [9.17, 15) is 9.90 Å². The fraction of sp³-hybridized carbons (Fsp3) is 0.167. The minimum absolute atomic E-state index is 0.0138. The van der Waals surface area contributed by atoms with Crippen molar-refractivity contribution in [3.05, 3.63) is 74.6 Å². The summed E-state index contributed by atoms with van der Waals surface area (Å²) in [5.74, 6) is 0.498. The van der Waals surface area contributed by atoms with Crippen LogP contribution in [0, 0.1) is 0 Å². The molecule has 0 bridgehead atoms. The molecule has 1 aromatic carbocycles. The van der Waals surface area contributed by atoms with Crippen LogP contribution in [0.15, 0.2) is 60.0 Å². The first kappa shape index (κ1) is 16.7. The van der Waals surface area contributed by atoms with E-state index in [-0.39, 0.29) is 12.5 Å². The number of aliphatic hydroxyl groups excluding tert-OH is 1. The summed E-state index contributed by atoms with van der Waals surface area (Å²) in [6, 6.07) is 16.9. The van der Waals surface area contributed by atoms with Crippen LogP contribution in [0.4, 0.5) is 0 Å². The van der Waals surface area contributed by atoms with E-state index in [0.717, 1.165) is 14.6 Å². The number of para-hydroxylation sites is 1. The van der Waals surface area contributed by atoms with Crippen LogP contribution in [-0.4, -0.2) is 17.6 Å². The second kappa shape index (κ2) is 8.10. The molecule has 1 amide bonds. The minimum Gasteiger partial charge on any atom is -0.484 e. The molecule has 0 aliphatic heterocycles. The maximum atomic E-state index is 11.8. The van der Waals surface area contributed by atoms with E-state index in [1.165, 1.54) is 22.7 Å². The summed E-state index contributed by atoms with van der Waals surface area (Å²) in [6.45, 7) is 0.416. The van der Waals surface area contributed by atoms with Gasteiger partial charge in [0.05, 0.1) is 6.54 Å². The largest absolute Gasteiger partial charge is 0.484 e. The molecule has 2 aromatic heterocycles. The standard InChI is InChI=1S/C18H17NO3S2/c20-17(12-22-13-5-2-1-3-6-13)19-11-14-8-9-16(24-14)18(21)15-7-4-10-23-15/h1-10,18,21H,11-12H2,(H,19,20). The van der Waals surface area contributed by atoms with E-state index in [1.807, 2.05) is 60.0 Å². The van der Waals surface area contributed by atoms with Crippen LogP contribution in [0.5, 0.6) is 5.75 Å². The number of benzene rings is 1. The fourth-order valence-corrected chi connectivity index (χ4v) is 3.89. The topological polar surface area (TPSA) is 58.6 Å². The smallest absolute Gasteiger partial charge is 0.258 e. The quantitative estimate of drug-likeness (QED) is 0.678. The highest BCUT2D eigenvalue weighted by Crippen LogP contribution is 2.30. The second-order valence-corrected chi connectivity index (χ2v) is 7.28. The lowest BCUT2D eigenvalue weighted by Gasteiger charge is -2.07. The van der Waals surface area contributed by atoms with Crippen LogP contribution < -0.4 is 10.1 Å². The minimum atomic E-state index is -0.596. The van der Waals surface area contributed by atoms with Crippen molar-refractivity contribution in [2.45, 2.75) is 12.6 Å². The van der Waals surface area contributed by atoms with Crippen molar-refractivity contribution in [2.75, 3.05) is 6.61 Å². The van der Waals surface area contributed by atoms with E-state index in [0.29, 0.717) is 12.3 Å². The molecule has 0 saturated heterocycles. The van der Waals surface area contributed by atoms with Gasteiger partial charge in [0.2, 0.25) is 0 Å². The van der Waals surface area contributed by atoms with Gasteiger partial charge in [0.1, 0.15) is 11.9 Å². The van der Waals surface area contributed by atoms with Gasteiger partial charge in [0.15, 0.2) is 6.61 Å². The Balaban J connectivity index is 1.47. The van der Waals surface area contributed by atoms with E-state index in [1.54, 1.807) is 0 Å². The molecule has 4 nitrogen and oxygen atoms in total. The molecule has 124 valence electrons. The average Bonchev–Trinajstić information content (AvgIpc) is 3.30. The first-order chi connectivity index (χ1) is 11.7. The fourth-order valence-electron chi connectivity index (χ4n) is 2.13. The molecule has 24 heavy (non-hydrogen) atoms. The van der Waals surface area contributed by atoms with Gasteiger partial charge in [-0.3, -0.25) is 4.79 Å². The third-order valence-electron chi connectivity index (χ3n) is 3.34. The molecule has 0 fully saturated rings. The Kier molecular flexibility index (Phi) is 5.63. The van der Waals surface area contributed by atoms with Crippen LogP contribution in [0.3, 0.4) is 0 Å². The van der Waals surface area contributed by atoms with Crippen molar-refractivity contribution >= 4 is 28.6 Å². The zero-order valence-corrected chi connectivity index (χ0v) is 14.5. The van der Waals surface area contributed by atoms with Crippen LogP contribution in [-0.2, 0) is 11.3 Å². The van der Waals surface area contributed by atoms with Gasteiger partial charge in [0.25, 0.3) is 5.91 Å². The summed E-state index contributed by atoms with van der Waals surface area (Å²) in [7, 11) is 0. The normalized spacial score (nSPS) is 11.9. The number of rotatable bonds is 7. The van der Waals surface area contributed by atoms with E-state index < -0.39 is 6.10 Å². The molecule has 6 heteroatoms. The monoisotopic (exact) mass is 359 g/mol. The van der Waals surface area contributed by atoms with Crippen molar-refractivity contribution in [1.82, 2.24) is 5.32 Å². The lowest BCUT2D eigenvalue weighted by atomic mass is 10.2. The highest BCUT2D eigenvalue weighted by atomic mass is 32.1. The molecule has 0 radical (unpaired) electrons. The molecule has 1 atom stereocenters. The first-order valence-corrected chi connectivity index (χ1v) is 9.16. The van der Waals surface area contributed by atoms with Crippen molar-refractivity contribution in [3.8, 4) is 5.75 Å². The highest BCUT2D eigenvalue weighted by molar-refractivity contribution is 7.12. The van der Waals surface area contributed by atoms with E-state index >= 15 is 0 Å². The molecule has 0 aliphatic rings. The van der Waals surface area contributed by atoms with Gasteiger partial charge < -0.3 is 15.2 Å². The zero-order valence-electron chi connectivity index (χ0n) is 12.8. The average molecular weight is 359 g/mol. The molecule has 1 unspecified atom stereocenters. The summed E-state index contributed by atoms with van der Waals surface area (Å²) < 4.78 is 5.40. The SMILES string of the molecule is O=C(COc1ccccc1)NCc1ccc(C(O)c2cccs2)s1. The molecular formula is C18H17NO3S2. The van der Waals surface area contributed by atoms with Gasteiger partial charge >= 0.3 is 0 Å². The number of ether oxygens (including phenoxy) is 1. The molecule has 2 N–H and O–H groups in total. The van der Waals surface area contributed by atoms with Crippen molar-refractivity contribution in [1.29, 1.82) is 0 Å². The van der Waals surface area contributed by atoms with Gasteiger partial charge in [-0.05, 0) is 35.7 Å². The van der Waals surface area contributed by atoms with Crippen molar-refractivity contribution in [3.63, 3.8) is 0 Å². The number of amides is 1. The number of thiophene rings is 2. The van der Waals surface area contributed by atoms with Gasteiger partial charge in [-0.2, -0.15) is 0 Å². The predicted octanol–water partition coefficient (Wildman–Crippen LogP) is 3.59. The molecular weight excluding hydrogens is 342 g/mol.